The molecule has 0 saturated carbocycles. The number of aromatic nitrogens is 1. The van der Waals surface area contributed by atoms with Gasteiger partial charge in [-0.05, 0) is 19.2 Å². The van der Waals surface area contributed by atoms with Crippen molar-refractivity contribution in [2.45, 2.75) is 6.92 Å². The summed E-state index contributed by atoms with van der Waals surface area (Å²) in [6, 6.07) is 8.33. The minimum absolute atomic E-state index is 0.119. The molecule has 0 aliphatic carbocycles. The maximum Gasteiger partial charge on any atom is 0.176 e. The van der Waals surface area contributed by atoms with Gasteiger partial charge in [-0.1, -0.05) is 12.1 Å². The Morgan fingerprint density at radius 2 is 1.80 bits per heavy atom. The van der Waals surface area contributed by atoms with E-state index >= 15 is 0 Å². The SMILES string of the molecule is CC(=O)c1cc2cccc(N3CCN(C)CC3)c2n1C. The van der Waals surface area contributed by atoms with E-state index in [1.807, 2.05) is 17.7 Å². The van der Waals surface area contributed by atoms with E-state index in [1.54, 1.807) is 6.92 Å². The second-order valence-corrected chi connectivity index (χ2v) is 5.65. The van der Waals surface area contributed by atoms with Gasteiger partial charge in [0.25, 0.3) is 0 Å². The van der Waals surface area contributed by atoms with Crippen LogP contribution in [0.2, 0.25) is 0 Å². The summed E-state index contributed by atoms with van der Waals surface area (Å²) in [4.78, 5) is 16.5. The van der Waals surface area contributed by atoms with Gasteiger partial charge in [0, 0.05) is 45.5 Å². The van der Waals surface area contributed by atoms with Crippen LogP contribution < -0.4 is 4.90 Å². The lowest BCUT2D eigenvalue weighted by Crippen LogP contribution is -2.44. The number of nitrogens with zero attached hydrogens (tertiary/aromatic N) is 3. The zero-order valence-corrected chi connectivity index (χ0v) is 12.4. The van der Waals surface area contributed by atoms with E-state index in [1.165, 1.54) is 11.2 Å². The predicted octanol–water partition coefficient (Wildman–Crippen LogP) is 2.13. The van der Waals surface area contributed by atoms with E-state index < -0.39 is 0 Å². The fraction of sp³-hybridized carbons (Fsp3) is 0.438. The van der Waals surface area contributed by atoms with Crippen LogP contribution >= 0.6 is 0 Å². The third kappa shape index (κ3) is 2.10. The molecular weight excluding hydrogens is 250 g/mol. The van der Waals surface area contributed by atoms with Crippen molar-refractivity contribution in [2.24, 2.45) is 7.05 Å². The minimum atomic E-state index is 0.119. The Morgan fingerprint density at radius 3 is 2.45 bits per heavy atom. The van der Waals surface area contributed by atoms with Crippen molar-refractivity contribution >= 4 is 22.4 Å². The first-order valence-corrected chi connectivity index (χ1v) is 7.11. The third-order valence-corrected chi connectivity index (χ3v) is 4.24. The predicted molar refractivity (Wildman–Crippen MR) is 82.6 cm³/mol. The molecule has 1 saturated heterocycles. The van der Waals surface area contributed by atoms with Gasteiger partial charge in [-0.3, -0.25) is 4.79 Å². The molecule has 1 aliphatic rings. The molecule has 1 aromatic heterocycles. The average Bonchev–Trinajstić information content (AvgIpc) is 2.77. The molecule has 2 heterocycles. The van der Waals surface area contributed by atoms with Gasteiger partial charge in [-0.15, -0.1) is 0 Å². The third-order valence-electron chi connectivity index (χ3n) is 4.24. The number of para-hydroxylation sites is 1. The van der Waals surface area contributed by atoms with Gasteiger partial charge < -0.3 is 14.4 Å². The van der Waals surface area contributed by atoms with Gasteiger partial charge in [-0.25, -0.2) is 0 Å². The maximum atomic E-state index is 11.7. The highest BCUT2D eigenvalue weighted by atomic mass is 16.1. The van der Waals surface area contributed by atoms with E-state index in [0.717, 1.165) is 37.3 Å². The second-order valence-electron chi connectivity index (χ2n) is 5.65. The van der Waals surface area contributed by atoms with Crippen molar-refractivity contribution in [3.05, 3.63) is 30.0 Å². The van der Waals surface area contributed by atoms with E-state index in [4.69, 9.17) is 0 Å². The fourth-order valence-corrected chi connectivity index (χ4v) is 3.04. The molecule has 1 aliphatic heterocycles. The smallest absolute Gasteiger partial charge is 0.176 e. The van der Waals surface area contributed by atoms with Crippen molar-refractivity contribution in [3.8, 4) is 0 Å². The molecule has 4 nitrogen and oxygen atoms in total. The molecule has 2 aromatic rings. The molecule has 20 heavy (non-hydrogen) atoms. The van der Waals surface area contributed by atoms with Crippen molar-refractivity contribution < 1.29 is 4.79 Å². The van der Waals surface area contributed by atoms with Gasteiger partial charge in [0.05, 0.1) is 16.9 Å². The second kappa shape index (κ2) is 4.94. The van der Waals surface area contributed by atoms with Gasteiger partial charge >= 0.3 is 0 Å². The highest BCUT2D eigenvalue weighted by Crippen LogP contribution is 2.30. The Kier molecular flexibility index (Phi) is 3.26. The van der Waals surface area contributed by atoms with Crippen molar-refractivity contribution in [2.75, 3.05) is 38.1 Å². The summed E-state index contributed by atoms with van der Waals surface area (Å²) in [7, 11) is 4.15. The van der Waals surface area contributed by atoms with Crippen LogP contribution in [-0.2, 0) is 7.05 Å². The number of ketones is 1. The lowest BCUT2D eigenvalue weighted by Gasteiger charge is -2.34. The number of fused-ring (bicyclic) bond motifs is 1. The highest BCUT2D eigenvalue weighted by Gasteiger charge is 2.19. The molecule has 0 spiro atoms. The zero-order valence-electron chi connectivity index (χ0n) is 12.4. The number of Topliss-reactive ketones (excluding diaryl/α,β-unsaturated/α-hetero) is 1. The highest BCUT2D eigenvalue weighted by molar-refractivity contribution is 6.02. The molecule has 0 amide bonds. The van der Waals surface area contributed by atoms with Crippen molar-refractivity contribution in [1.82, 2.24) is 9.47 Å². The number of aryl methyl sites for hydroxylation is 1. The average molecular weight is 271 g/mol. The van der Waals surface area contributed by atoms with Crippen LogP contribution in [0.1, 0.15) is 17.4 Å². The number of carbonyl (C=O) groups is 1. The summed E-state index contributed by atoms with van der Waals surface area (Å²) in [5, 5.41) is 1.15. The number of carbonyl (C=O) groups excluding carboxylic acids is 1. The monoisotopic (exact) mass is 271 g/mol. The Bertz CT molecular complexity index is 651. The van der Waals surface area contributed by atoms with Crippen LogP contribution in [0.25, 0.3) is 10.9 Å². The molecule has 0 N–H and O–H groups in total. The van der Waals surface area contributed by atoms with Gasteiger partial charge in [0.2, 0.25) is 0 Å². The van der Waals surface area contributed by atoms with Crippen LogP contribution in [0.4, 0.5) is 5.69 Å². The zero-order chi connectivity index (χ0) is 14.3. The van der Waals surface area contributed by atoms with Crippen molar-refractivity contribution in [3.63, 3.8) is 0 Å². The molecule has 4 heteroatoms. The van der Waals surface area contributed by atoms with Gasteiger partial charge in [0.1, 0.15) is 0 Å². The summed E-state index contributed by atoms with van der Waals surface area (Å²) in [6.45, 7) is 5.87. The van der Waals surface area contributed by atoms with E-state index in [9.17, 15) is 4.79 Å². The number of benzene rings is 1. The molecular formula is C16H21N3O. The minimum Gasteiger partial charge on any atom is -0.367 e. The quantitative estimate of drug-likeness (QED) is 0.783. The summed E-state index contributed by atoms with van der Waals surface area (Å²) < 4.78 is 2.03. The molecule has 0 radical (unpaired) electrons. The molecule has 0 bridgehead atoms. The van der Waals surface area contributed by atoms with Gasteiger partial charge in [0.15, 0.2) is 5.78 Å². The normalized spacial score (nSPS) is 16.9. The molecule has 106 valence electrons. The Hall–Kier alpha value is -1.81. The molecule has 3 rings (SSSR count). The largest absolute Gasteiger partial charge is 0.367 e. The number of hydrogen-bond acceptors (Lipinski definition) is 3. The summed E-state index contributed by atoms with van der Waals surface area (Å²) in [6.07, 6.45) is 0. The first-order valence-electron chi connectivity index (χ1n) is 7.11. The lowest BCUT2D eigenvalue weighted by molar-refractivity contribution is 0.101. The number of likely N-dealkylation sites (N-methyl/N-ethyl adjacent to an activating group) is 1. The van der Waals surface area contributed by atoms with E-state index in [2.05, 4.69) is 35.0 Å². The number of piperazine rings is 1. The fourth-order valence-electron chi connectivity index (χ4n) is 3.04. The van der Waals surface area contributed by atoms with Crippen molar-refractivity contribution in [1.29, 1.82) is 0 Å². The topological polar surface area (TPSA) is 28.5 Å². The van der Waals surface area contributed by atoms with Crippen LogP contribution in [0.15, 0.2) is 24.3 Å². The van der Waals surface area contributed by atoms with Crippen LogP contribution in [0, 0.1) is 0 Å². The number of rotatable bonds is 2. The van der Waals surface area contributed by atoms with Crippen LogP contribution in [0.5, 0.6) is 0 Å². The Balaban J connectivity index is 2.09. The van der Waals surface area contributed by atoms with E-state index in [-0.39, 0.29) is 5.78 Å². The van der Waals surface area contributed by atoms with Crippen LogP contribution in [-0.4, -0.2) is 48.5 Å². The Morgan fingerprint density at radius 1 is 1.10 bits per heavy atom. The van der Waals surface area contributed by atoms with E-state index in [0.29, 0.717) is 0 Å². The first kappa shape index (κ1) is 13.2. The standard InChI is InChI=1S/C16H21N3O/c1-12(20)15-11-13-5-4-6-14(16(13)18(15)3)19-9-7-17(2)8-10-19/h4-6,11H,7-10H2,1-3H3. The lowest BCUT2D eigenvalue weighted by atomic mass is 10.2. The molecule has 0 atom stereocenters. The van der Waals surface area contributed by atoms with Gasteiger partial charge in [-0.2, -0.15) is 0 Å². The molecule has 1 fully saturated rings. The first-order chi connectivity index (χ1) is 9.58. The molecule has 0 unspecified atom stereocenters. The Labute approximate surface area is 119 Å². The summed E-state index contributed by atoms with van der Waals surface area (Å²) in [5.41, 5.74) is 3.19. The van der Waals surface area contributed by atoms with Crippen LogP contribution in [0.3, 0.4) is 0 Å². The summed E-state index contributed by atoms with van der Waals surface area (Å²) >= 11 is 0. The summed E-state index contributed by atoms with van der Waals surface area (Å²) in [5.74, 6) is 0.119. The number of hydrogen-bond donors (Lipinski definition) is 0. The molecule has 1 aromatic carbocycles. The maximum absolute atomic E-state index is 11.7. The number of anilines is 1.